The molecule has 0 radical (unpaired) electrons. The second kappa shape index (κ2) is 6.33. The van der Waals surface area contributed by atoms with Crippen molar-refractivity contribution in [3.8, 4) is 0 Å². The molecule has 1 aromatic heterocycles. The Balaban J connectivity index is 2.75. The molecule has 0 aliphatic rings. The predicted molar refractivity (Wildman–Crippen MR) is 70.8 cm³/mol. The molecule has 18 heavy (non-hydrogen) atoms. The highest BCUT2D eigenvalue weighted by Gasteiger charge is 2.15. The molecule has 0 aliphatic heterocycles. The zero-order valence-electron chi connectivity index (χ0n) is 11.4. The third-order valence-electron chi connectivity index (χ3n) is 2.76. The number of carboxylic acids is 1. The lowest BCUT2D eigenvalue weighted by Crippen LogP contribution is -2.22. The van der Waals surface area contributed by atoms with Crippen LogP contribution in [0.4, 0.5) is 5.82 Å². The maximum absolute atomic E-state index is 10.9. The van der Waals surface area contributed by atoms with Crippen molar-refractivity contribution in [1.82, 2.24) is 9.97 Å². The minimum atomic E-state index is -0.778. The molecule has 0 aliphatic carbocycles. The zero-order valence-corrected chi connectivity index (χ0v) is 11.4. The molecule has 0 bridgehead atoms. The molecule has 1 unspecified atom stereocenters. The summed E-state index contributed by atoms with van der Waals surface area (Å²) in [5, 5.41) is 12.1. The highest BCUT2D eigenvalue weighted by Crippen LogP contribution is 2.14. The van der Waals surface area contributed by atoms with Gasteiger partial charge in [-0.15, -0.1) is 0 Å². The first kappa shape index (κ1) is 14.4. The maximum atomic E-state index is 10.9. The fourth-order valence-electron chi connectivity index (χ4n) is 1.57. The van der Waals surface area contributed by atoms with E-state index in [1.54, 1.807) is 0 Å². The van der Waals surface area contributed by atoms with Crippen LogP contribution in [-0.4, -0.2) is 27.6 Å². The Labute approximate surface area is 108 Å². The van der Waals surface area contributed by atoms with E-state index in [0.717, 1.165) is 11.5 Å². The first-order chi connectivity index (χ1) is 8.43. The van der Waals surface area contributed by atoms with Crippen molar-refractivity contribution in [2.75, 3.05) is 11.9 Å². The van der Waals surface area contributed by atoms with Gasteiger partial charge in [0.25, 0.3) is 0 Å². The molecule has 0 saturated carbocycles. The molecule has 0 saturated heterocycles. The number of rotatable bonds is 6. The minimum Gasteiger partial charge on any atom is -0.481 e. The highest BCUT2D eigenvalue weighted by molar-refractivity contribution is 5.70. The molecule has 0 amide bonds. The smallest absolute Gasteiger partial charge is 0.308 e. The van der Waals surface area contributed by atoms with Gasteiger partial charge in [0.15, 0.2) is 0 Å². The lowest BCUT2D eigenvalue weighted by molar-refractivity contribution is -0.141. The number of nitrogens with one attached hydrogen (secondary N) is 1. The summed E-state index contributed by atoms with van der Waals surface area (Å²) in [6.07, 6.45) is 0.601. The van der Waals surface area contributed by atoms with Crippen LogP contribution in [0.15, 0.2) is 6.07 Å². The Kier molecular flexibility index (Phi) is 5.07. The third-order valence-corrected chi connectivity index (χ3v) is 2.76. The van der Waals surface area contributed by atoms with E-state index in [-0.39, 0.29) is 11.8 Å². The van der Waals surface area contributed by atoms with Gasteiger partial charge in [-0.25, -0.2) is 9.97 Å². The summed E-state index contributed by atoms with van der Waals surface area (Å²) in [4.78, 5) is 19.7. The van der Waals surface area contributed by atoms with Crippen LogP contribution in [0.5, 0.6) is 0 Å². The van der Waals surface area contributed by atoms with Gasteiger partial charge in [0.2, 0.25) is 0 Å². The standard InChI is InChI=1S/C13H21N3O2/c1-5-10(13(17)18)7-14-11-6-9(4)15-12(16-11)8(2)3/h6,8,10H,5,7H2,1-4H3,(H,17,18)(H,14,15,16). The van der Waals surface area contributed by atoms with Crippen LogP contribution in [0.25, 0.3) is 0 Å². The van der Waals surface area contributed by atoms with Crippen molar-refractivity contribution in [2.45, 2.75) is 40.0 Å². The number of hydrogen-bond acceptors (Lipinski definition) is 4. The largest absolute Gasteiger partial charge is 0.481 e. The molecular formula is C13H21N3O2. The molecule has 0 fully saturated rings. The summed E-state index contributed by atoms with van der Waals surface area (Å²) in [6, 6.07) is 1.83. The Morgan fingerprint density at radius 1 is 1.44 bits per heavy atom. The summed E-state index contributed by atoms with van der Waals surface area (Å²) in [7, 11) is 0. The van der Waals surface area contributed by atoms with Crippen LogP contribution in [0.1, 0.15) is 44.6 Å². The molecule has 1 atom stereocenters. The van der Waals surface area contributed by atoms with Crippen LogP contribution in [0.3, 0.4) is 0 Å². The van der Waals surface area contributed by atoms with Gasteiger partial charge in [-0.2, -0.15) is 0 Å². The van der Waals surface area contributed by atoms with Crippen LogP contribution >= 0.6 is 0 Å². The lowest BCUT2D eigenvalue weighted by Gasteiger charge is -2.13. The summed E-state index contributed by atoms with van der Waals surface area (Å²) >= 11 is 0. The number of aryl methyl sites for hydroxylation is 1. The van der Waals surface area contributed by atoms with Crippen LogP contribution in [-0.2, 0) is 4.79 Å². The Morgan fingerprint density at radius 3 is 2.61 bits per heavy atom. The molecule has 1 aromatic rings. The molecule has 1 rings (SSSR count). The quantitative estimate of drug-likeness (QED) is 0.812. The molecule has 1 heterocycles. The summed E-state index contributed by atoms with van der Waals surface area (Å²) in [5.41, 5.74) is 0.888. The number of aromatic nitrogens is 2. The summed E-state index contributed by atoms with van der Waals surface area (Å²) in [5.74, 6) is 0.571. The lowest BCUT2D eigenvalue weighted by atomic mass is 10.1. The average Bonchev–Trinajstić information content (AvgIpc) is 2.28. The van der Waals surface area contributed by atoms with E-state index in [1.807, 2.05) is 33.8 Å². The molecule has 2 N–H and O–H groups in total. The van der Waals surface area contributed by atoms with E-state index in [0.29, 0.717) is 18.8 Å². The van der Waals surface area contributed by atoms with Crippen LogP contribution in [0, 0.1) is 12.8 Å². The Bertz CT molecular complexity index is 419. The van der Waals surface area contributed by atoms with Gasteiger partial charge in [0.05, 0.1) is 5.92 Å². The van der Waals surface area contributed by atoms with Crippen molar-refractivity contribution in [3.05, 3.63) is 17.6 Å². The molecule has 0 aromatic carbocycles. The molecular weight excluding hydrogens is 230 g/mol. The van der Waals surface area contributed by atoms with Gasteiger partial charge in [-0.1, -0.05) is 20.8 Å². The first-order valence-electron chi connectivity index (χ1n) is 6.26. The summed E-state index contributed by atoms with van der Waals surface area (Å²) in [6.45, 7) is 8.23. The van der Waals surface area contributed by atoms with Crippen molar-refractivity contribution in [3.63, 3.8) is 0 Å². The van der Waals surface area contributed by atoms with Gasteiger partial charge in [0, 0.05) is 24.2 Å². The number of nitrogens with zero attached hydrogens (tertiary/aromatic N) is 2. The van der Waals surface area contributed by atoms with Crippen molar-refractivity contribution >= 4 is 11.8 Å². The molecule has 0 spiro atoms. The maximum Gasteiger partial charge on any atom is 0.308 e. The fourth-order valence-corrected chi connectivity index (χ4v) is 1.57. The number of aliphatic carboxylic acids is 1. The number of hydrogen-bond donors (Lipinski definition) is 2. The second-order valence-electron chi connectivity index (χ2n) is 4.73. The highest BCUT2D eigenvalue weighted by atomic mass is 16.4. The number of carboxylic acid groups (broad SMARTS) is 1. The van der Waals surface area contributed by atoms with Crippen molar-refractivity contribution in [1.29, 1.82) is 0 Å². The van der Waals surface area contributed by atoms with E-state index in [2.05, 4.69) is 15.3 Å². The first-order valence-corrected chi connectivity index (χ1v) is 6.26. The summed E-state index contributed by atoms with van der Waals surface area (Å²) < 4.78 is 0. The monoisotopic (exact) mass is 251 g/mol. The topological polar surface area (TPSA) is 75.1 Å². The number of anilines is 1. The van der Waals surface area contributed by atoms with E-state index in [4.69, 9.17) is 5.11 Å². The van der Waals surface area contributed by atoms with Gasteiger partial charge in [-0.05, 0) is 13.3 Å². The Hall–Kier alpha value is -1.65. The van der Waals surface area contributed by atoms with Crippen molar-refractivity contribution in [2.24, 2.45) is 5.92 Å². The van der Waals surface area contributed by atoms with E-state index >= 15 is 0 Å². The third kappa shape index (κ3) is 3.98. The van der Waals surface area contributed by atoms with Gasteiger partial charge < -0.3 is 10.4 Å². The van der Waals surface area contributed by atoms with Gasteiger partial charge >= 0.3 is 5.97 Å². The van der Waals surface area contributed by atoms with Gasteiger partial charge in [0.1, 0.15) is 11.6 Å². The van der Waals surface area contributed by atoms with Gasteiger partial charge in [-0.3, -0.25) is 4.79 Å². The van der Waals surface area contributed by atoms with E-state index in [1.165, 1.54) is 0 Å². The normalized spacial score (nSPS) is 12.5. The van der Waals surface area contributed by atoms with Crippen molar-refractivity contribution < 1.29 is 9.90 Å². The SMILES string of the molecule is CCC(CNc1cc(C)nc(C(C)C)n1)C(=O)O. The zero-order chi connectivity index (χ0) is 13.7. The molecule has 5 heteroatoms. The fraction of sp³-hybridized carbons (Fsp3) is 0.615. The predicted octanol–water partition coefficient (Wildman–Crippen LogP) is 2.43. The van der Waals surface area contributed by atoms with E-state index in [9.17, 15) is 4.79 Å². The van der Waals surface area contributed by atoms with Crippen LogP contribution < -0.4 is 5.32 Å². The average molecular weight is 251 g/mol. The molecule has 5 nitrogen and oxygen atoms in total. The minimum absolute atomic E-state index is 0.256. The number of carbonyl (C=O) groups is 1. The second-order valence-corrected chi connectivity index (χ2v) is 4.73. The van der Waals surface area contributed by atoms with Crippen LogP contribution in [0.2, 0.25) is 0 Å². The Morgan fingerprint density at radius 2 is 2.11 bits per heavy atom. The molecule has 100 valence electrons. The van der Waals surface area contributed by atoms with E-state index < -0.39 is 5.97 Å².